The smallest absolute Gasteiger partial charge is 0.245 e. The van der Waals surface area contributed by atoms with E-state index in [1.807, 2.05) is 54.4 Å². The summed E-state index contributed by atoms with van der Waals surface area (Å²) in [6.45, 7) is 7.59. The lowest BCUT2D eigenvalue weighted by Gasteiger charge is -2.24. The first-order chi connectivity index (χ1) is 15.0. The van der Waals surface area contributed by atoms with Crippen LogP contribution in [0, 0.1) is 25.2 Å². The zero-order chi connectivity index (χ0) is 22.0. The van der Waals surface area contributed by atoms with Crippen LogP contribution in [0.1, 0.15) is 35.9 Å². The summed E-state index contributed by atoms with van der Waals surface area (Å²) in [5.41, 5.74) is 3.40. The summed E-state index contributed by atoms with van der Waals surface area (Å²) in [6.07, 6.45) is 2.63. The molecule has 1 aliphatic rings. The van der Waals surface area contributed by atoms with Crippen LogP contribution in [0.3, 0.4) is 0 Å². The molecule has 0 fully saturated rings. The zero-order valence-corrected chi connectivity index (χ0v) is 18.8. The lowest BCUT2D eigenvalue weighted by Crippen LogP contribution is -2.35. The highest BCUT2D eigenvalue weighted by Crippen LogP contribution is 2.37. The van der Waals surface area contributed by atoms with Gasteiger partial charge in [0.25, 0.3) is 0 Å². The van der Waals surface area contributed by atoms with E-state index in [1.165, 1.54) is 4.90 Å². The summed E-state index contributed by atoms with van der Waals surface area (Å²) in [4.78, 5) is 16.5. The van der Waals surface area contributed by atoms with E-state index >= 15 is 0 Å². The number of fused-ring (bicyclic) bond motifs is 1. The van der Waals surface area contributed by atoms with Gasteiger partial charge in [0.2, 0.25) is 5.91 Å². The average molecular weight is 435 g/mol. The van der Waals surface area contributed by atoms with E-state index < -0.39 is 0 Å². The van der Waals surface area contributed by atoms with Crippen LogP contribution in [-0.4, -0.2) is 28.8 Å². The van der Waals surface area contributed by atoms with E-state index in [2.05, 4.69) is 35.3 Å². The quantitative estimate of drug-likeness (QED) is 0.615. The fraction of sp³-hybridized carbons (Fsp3) is 0.333. The number of hydrogen-bond donors (Lipinski definition) is 1. The molecule has 0 spiro atoms. The number of hydrogen-bond acceptors (Lipinski definition) is 5. The number of aromatic nitrogens is 1. The van der Waals surface area contributed by atoms with E-state index in [1.54, 1.807) is 6.26 Å². The van der Waals surface area contributed by atoms with Crippen LogP contribution in [0.2, 0.25) is 0 Å². The Kier molecular flexibility index (Phi) is 6.10. The molecule has 31 heavy (non-hydrogen) atoms. The molecular weight excluding hydrogens is 408 g/mol. The maximum absolute atomic E-state index is 13.1. The molecule has 6 nitrogen and oxygen atoms in total. The van der Waals surface area contributed by atoms with E-state index in [-0.39, 0.29) is 12.5 Å². The van der Waals surface area contributed by atoms with Crippen molar-refractivity contribution >= 4 is 29.2 Å². The van der Waals surface area contributed by atoms with Crippen LogP contribution >= 0.6 is 11.8 Å². The third kappa shape index (κ3) is 4.35. The minimum absolute atomic E-state index is 0.135. The van der Waals surface area contributed by atoms with Crippen molar-refractivity contribution in [2.45, 2.75) is 43.9 Å². The summed E-state index contributed by atoms with van der Waals surface area (Å²) in [6, 6.07) is 14.2. The van der Waals surface area contributed by atoms with Gasteiger partial charge in [-0.05, 0) is 50.1 Å². The Morgan fingerprint density at radius 2 is 2.10 bits per heavy atom. The van der Waals surface area contributed by atoms with Crippen LogP contribution in [0.25, 0.3) is 0 Å². The van der Waals surface area contributed by atoms with Gasteiger partial charge in [0.05, 0.1) is 30.6 Å². The molecular formula is C24H26N4O2S. The normalized spacial score (nSPS) is 15.8. The van der Waals surface area contributed by atoms with Crippen molar-refractivity contribution in [3.63, 3.8) is 0 Å². The minimum Gasteiger partial charge on any atom is -0.467 e. The van der Waals surface area contributed by atoms with Gasteiger partial charge in [-0.25, -0.2) is 0 Å². The molecule has 4 rings (SSSR count). The molecule has 3 heterocycles. The van der Waals surface area contributed by atoms with Crippen molar-refractivity contribution in [2.24, 2.45) is 0 Å². The molecule has 160 valence electrons. The second-order valence-corrected chi connectivity index (χ2v) is 9.35. The molecule has 0 aliphatic carbocycles. The lowest BCUT2D eigenvalue weighted by atomic mass is 10.2. The van der Waals surface area contributed by atoms with Gasteiger partial charge in [-0.3, -0.25) is 4.79 Å². The molecule has 1 atom stereocenters. The van der Waals surface area contributed by atoms with Crippen molar-refractivity contribution in [3.8, 4) is 6.07 Å². The Morgan fingerprint density at radius 1 is 1.29 bits per heavy atom. The molecule has 0 saturated heterocycles. The summed E-state index contributed by atoms with van der Waals surface area (Å²) in [5.74, 6) is 1.17. The second kappa shape index (κ2) is 8.94. The second-order valence-electron chi connectivity index (χ2n) is 7.87. The van der Waals surface area contributed by atoms with E-state index in [9.17, 15) is 10.1 Å². The first kappa shape index (κ1) is 21.1. The number of para-hydroxylation sites is 1. The van der Waals surface area contributed by atoms with E-state index in [0.29, 0.717) is 23.2 Å². The molecule has 1 aromatic carbocycles. The van der Waals surface area contributed by atoms with Gasteiger partial charge < -0.3 is 19.2 Å². The standard InChI is InChI=1S/C24H26N4O2S/c1-16-10-11-27(21-8-4-5-9-22(21)31-16)15-23(29)26-24-20(13-25)17(2)18(3)28(24)14-19-7-6-12-30-19/h4-9,12,16H,10-11,14-15H2,1-3H3,(H,26,29). The predicted molar refractivity (Wildman–Crippen MR) is 124 cm³/mol. The maximum atomic E-state index is 13.1. The van der Waals surface area contributed by atoms with Gasteiger partial charge in [0.1, 0.15) is 17.6 Å². The molecule has 1 unspecified atom stereocenters. The highest BCUT2D eigenvalue weighted by atomic mass is 32.2. The van der Waals surface area contributed by atoms with Crippen LogP contribution in [0.4, 0.5) is 11.5 Å². The highest BCUT2D eigenvalue weighted by Gasteiger charge is 2.24. The van der Waals surface area contributed by atoms with Crippen LogP contribution in [0.15, 0.2) is 52.0 Å². The summed E-state index contributed by atoms with van der Waals surface area (Å²) in [5, 5.41) is 13.3. The van der Waals surface area contributed by atoms with Crippen LogP contribution in [-0.2, 0) is 11.3 Å². The number of amides is 1. The van der Waals surface area contributed by atoms with E-state index in [4.69, 9.17) is 4.42 Å². The maximum Gasteiger partial charge on any atom is 0.245 e. The Hall–Kier alpha value is -3.11. The van der Waals surface area contributed by atoms with Gasteiger partial charge in [0.15, 0.2) is 0 Å². The molecule has 0 saturated carbocycles. The Morgan fingerprint density at radius 3 is 2.84 bits per heavy atom. The van der Waals surface area contributed by atoms with Crippen molar-refractivity contribution in [3.05, 3.63) is 65.2 Å². The number of carbonyl (C=O) groups is 1. The highest BCUT2D eigenvalue weighted by molar-refractivity contribution is 8.00. The first-order valence-corrected chi connectivity index (χ1v) is 11.3. The number of nitrogens with one attached hydrogen (secondary N) is 1. The average Bonchev–Trinajstić information content (AvgIpc) is 3.30. The number of carbonyl (C=O) groups excluding carboxylic acids is 1. The van der Waals surface area contributed by atoms with Crippen molar-refractivity contribution < 1.29 is 9.21 Å². The first-order valence-electron chi connectivity index (χ1n) is 10.4. The molecule has 1 aliphatic heterocycles. The van der Waals surface area contributed by atoms with Gasteiger partial charge >= 0.3 is 0 Å². The molecule has 1 N–H and O–H groups in total. The number of thioether (sulfide) groups is 1. The van der Waals surface area contributed by atoms with Crippen molar-refractivity contribution in [1.29, 1.82) is 5.26 Å². The molecule has 0 bridgehead atoms. The fourth-order valence-electron chi connectivity index (χ4n) is 3.95. The zero-order valence-electron chi connectivity index (χ0n) is 18.0. The Bertz CT molecular complexity index is 1130. The number of anilines is 2. The van der Waals surface area contributed by atoms with Gasteiger partial charge in [-0.1, -0.05) is 19.1 Å². The SMILES string of the molecule is Cc1c(C#N)c(NC(=O)CN2CCC(C)Sc3ccccc32)n(Cc2ccco2)c1C. The van der Waals surface area contributed by atoms with Crippen molar-refractivity contribution in [2.75, 3.05) is 23.3 Å². The summed E-state index contributed by atoms with van der Waals surface area (Å²) >= 11 is 1.85. The molecule has 1 amide bonds. The largest absolute Gasteiger partial charge is 0.467 e. The number of benzene rings is 1. The van der Waals surface area contributed by atoms with Crippen LogP contribution in [0.5, 0.6) is 0 Å². The molecule has 2 aromatic heterocycles. The van der Waals surface area contributed by atoms with E-state index in [0.717, 1.165) is 35.7 Å². The Labute approximate surface area is 186 Å². The third-order valence-corrected chi connectivity index (χ3v) is 7.00. The van der Waals surface area contributed by atoms with Crippen LogP contribution < -0.4 is 10.2 Å². The number of nitriles is 1. The third-order valence-electron chi connectivity index (χ3n) is 5.77. The number of rotatable bonds is 5. The topological polar surface area (TPSA) is 74.2 Å². The van der Waals surface area contributed by atoms with Gasteiger partial charge in [-0.2, -0.15) is 5.26 Å². The van der Waals surface area contributed by atoms with Crippen molar-refractivity contribution in [1.82, 2.24) is 4.57 Å². The predicted octanol–water partition coefficient (Wildman–Crippen LogP) is 4.95. The Balaban J connectivity index is 1.59. The summed E-state index contributed by atoms with van der Waals surface area (Å²) in [7, 11) is 0. The number of nitrogens with zero attached hydrogens (tertiary/aromatic N) is 3. The molecule has 7 heteroatoms. The summed E-state index contributed by atoms with van der Waals surface area (Å²) < 4.78 is 7.44. The molecule has 0 radical (unpaired) electrons. The molecule has 3 aromatic rings. The fourth-order valence-corrected chi connectivity index (χ4v) is 5.08. The minimum atomic E-state index is -0.135. The lowest BCUT2D eigenvalue weighted by molar-refractivity contribution is -0.115. The van der Waals surface area contributed by atoms with Gasteiger partial charge in [-0.15, -0.1) is 11.8 Å². The van der Waals surface area contributed by atoms with Gasteiger partial charge in [0, 0.05) is 22.4 Å². The monoisotopic (exact) mass is 434 g/mol. The number of furan rings is 1.